The molecular weight excluding hydrogens is 264 g/mol. The van der Waals surface area contributed by atoms with E-state index in [1.807, 2.05) is 6.07 Å². The molecule has 0 amide bonds. The normalized spacial score (nSPS) is 27.4. The van der Waals surface area contributed by atoms with Gasteiger partial charge in [-0.2, -0.15) is 0 Å². The zero-order valence-corrected chi connectivity index (χ0v) is 13.0. The lowest BCUT2D eigenvalue weighted by atomic mass is 9.86. The molecule has 1 saturated heterocycles. The average Bonchev–Trinajstić information content (AvgIpc) is 2.54. The van der Waals surface area contributed by atoms with Crippen LogP contribution in [-0.2, 0) is 0 Å². The lowest BCUT2D eigenvalue weighted by Gasteiger charge is -2.40. The molecule has 0 aromatic heterocycles. The first-order valence-corrected chi connectivity index (χ1v) is 8.02. The van der Waals surface area contributed by atoms with Crippen molar-refractivity contribution in [2.75, 3.05) is 32.8 Å². The zero-order valence-electron chi connectivity index (χ0n) is 13.0. The Hall–Kier alpha value is -1.26. The second-order valence-corrected chi connectivity index (χ2v) is 6.34. The lowest BCUT2D eigenvalue weighted by Crippen LogP contribution is -2.43. The van der Waals surface area contributed by atoms with Crippen molar-refractivity contribution < 1.29 is 9.47 Å². The summed E-state index contributed by atoms with van der Waals surface area (Å²) in [5.41, 5.74) is 7.22. The minimum Gasteiger partial charge on any atom is -0.486 e. The van der Waals surface area contributed by atoms with Gasteiger partial charge in [-0.25, -0.2) is 0 Å². The van der Waals surface area contributed by atoms with Gasteiger partial charge in [-0.15, -0.1) is 0 Å². The van der Waals surface area contributed by atoms with Gasteiger partial charge < -0.3 is 15.2 Å². The number of fused-ring (bicyclic) bond motifs is 1. The number of hydrogen-bond donors (Lipinski definition) is 1. The quantitative estimate of drug-likeness (QED) is 0.929. The fourth-order valence-electron chi connectivity index (χ4n) is 3.37. The van der Waals surface area contributed by atoms with Gasteiger partial charge in [0.15, 0.2) is 11.5 Å². The molecular formula is C17H26N2O2. The number of nitrogens with zero attached hydrogens (tertiary/aromatic N) is 1. The minimum atomic E-state index is 0.391. The maximum Gasteiger partial charge on any atom is 0.161 e. The highest BCUT2D eigenvalue weighted by atomic mass is 16.6. The second kappa shape index (κ2) is 6.24. The highest BCUT2D eigenvalue weighted by Crippen LogP contribution is 2.35. The third-order valence-corrected chi connectivity index (χ3v) is 5.04. The fourth-order valence-corrected chi connectivity index (χ4v) is 3.37. The molecule has 0 radical (unpaired) electrons. The summed E-state index contributed by atoms with van der Waals surface area (Å²) in [6.45, 7) is 8.90. The van der Waals surface area contributed by atoms with Crippen LogP contribution in [0.5, 0.6) is 11.5 Å². The van der Waals surface area contributed by atoms with Crippen molar-refractivity contribution in [2.45, 2.75) is 26.3 Å². The van der Waals surface area contributed by atoms with Gasteiger partial charge in [-0.05, 0) is 56.0 Å². The zero-order chi connectivity index (χ0) is 14.8. The smallest absolute Gasteiger partial charge is 0.161 e. The molecule has 0 spiro atoms. The maximum absolute atomic E-state index is 5.92. The van der Waals surface area contributed by atoms with Gasteiger partial charge in [0.2, 0.25) is 0 Å². The summed E-state index contributed by atoms with van der Waals surface area (Å²) in [7, 11) is 0. The number of piperidine rings is 1. The van der Waals surface area contributed by atoms with E-state index in [-0.39, 0.29) is 0 Å². The number of benzene rings is 1. The van der Waals surface area contributed by atoms with Crippen LogP contribution in [0, 0.1) is 11.8 Å². The topological polar surface area (TPSA) is 47.7 Å². The standard InChI is InChI=1S/C17H26N2O2/c1-12-5-6-19(11-15(12)10-18)13(2)14-3-4-16-17(9-14)21-8-7-20-16/h3-4,9,12-13,15H,5-8,10-11,18H2,1-2H3. The molecule has 2 aliphatic heterocycles. The largest absolute Gasteiger partial charge is 0.486 e. The third kappa shape index (κ3) is 3.01. The van der Waals surface area contributed by atoms with Crippen molar-refractivity contribution in [3.05, 3.63) is 23.8 Å². The molecule has 1 aromatic rings. The van der Waals surface area contributed by atoms with E-state index in [9.17, 15) is 0 Å². The minimum absolute atomic E-state index is 0.391. The van der Waals surface area contributed by atoms with Crippen LogP contribution >= 0.6 is 0 Å². The van der Waals surface area contributed by atoms with E-state index in [0.717, 1.165) is 37.1 Å². The Labute approximate surface area is 127 Å². The van der Waals surface area contributed by atoms with E-state index in [2.05, 4.69) is 30.9 Å². The first-order valence-electron chi connectivity index (χ1n) is 8.02. The van der Waals surface area contributed by atoms with Gasteiger partial charge in [0.25, 0.3) is 0 Å². The van der Waals surface area contributed by atoms with E-state index < -0.39 is 0 Å². The van der Waals surface area contributed by atoms with Gasteiger partial charge in [-0.1, -0.05) is 13.0 Å². The van der Waals surface area contributed by atoms with Crippen molar-refractivity contribution >= 4 is 0 Å². The van der Waals surface area contributed by atoms with Gasteiger partial charge in [-0.3, -0.25) is 4.90 Å². The molecule has 3 rings (SSSR count). The van der Waals surface area contributed by atoms with E-state index in [4.69, 9.17) is 15.2 Å². The Kier molecular flexibility index (Phi) is 4.36. The number of nitrogens with two attached hydrogens (primary N) is 1. The van der Waals surface area contributed by atoms with Gasteiger partial charge in [0.05, 0.1) is 0 Å². The van der Waals surface area contributed by atoms with Crippen LogP contribution in [0.4, 0.5) is 0 Å². The number of hydrogen-bond acceptors (Lipinski definition) is 4. The molecule has 0 saturated carbocycles. The summed E-state index contributed by atoms with van der Waals surface area (Å²) in [6, 6.07) is 6.72. The Balaban J connectivity index is 1.74. The van der Waals surface area contributed by atoms with Crippen LogP contribution < -0.4 is 15.2 Å². The predicted molar refractivity (Wildman–Crippen MR) is 83.7 cm³/mol. The fraction of sp³-hybridized carbons (Fsp3) is 0.647. The Morgan fingerprint density at radius 1 is 1.29 bits per heavy atom. The summed E-state index contributed by atoms with van der Waals surface area (Å²) >= 11 is 0. The van der Waals surface area contributed by atoms with Gasteiger partial charge in [0, 0.05) is 12.6 Å². The molecule has 21 heavy (non-hydrogen) atoms. The van der Waals surface area contributed by atoms with Gasteiger partial charge in [0.1, 0.15) is 13.2 Å². The third-order valence-electron chi connectivity index (χ3n) is 5.04. The summed E-state index contributed by atoms with van der Waals surface area (Å²) in [6.07, 6.45) is 1.23. The molecule has 1 fully saturated rings. The van der Waals surface area contributed by atoms with Crippen LogP contribution in [0.1, 0.15) is 31.9 Å². The molecule has 4 heteroatoms. The predicted octanol–water partition coefficient (Wildman–Crippen LogP) is 2.44. The first kappa shape index (κ1) is 14.7. The van der Waals surface area contributed by atoms with Gasteiger partial charge >= 0.3 is 0 Å². The molecule has 3 unspecified atom stereocenters. The van der Waals surface area contributed by atoms with Crippen LogP contribution in [-0.4, -0.2) is 37.7 Å². The van der Waals surface area contributed by atoms with Crippen molar-refractivity contribution in [1.29, 1.82) is 0 Å². The Bertz CT molecular complexity index is 492. The van der Waals surface area contributed by atoms with Crippen LogP contribution in [0.15, 0.2) is 18.2 Å². The summed E-state index contributed by atoms with van der Waals surface area (Å²) < 4.78 is 11.3. The van der Waals surface area contributed by atoms with E-state index >= 15 is 0 Å². The van der Waals surface area contributed by atoms with E-state index in [1.54, 1.807) is 0 Å². The molecule has 3 atom stereocenters. The van der Waals surface area contributed by atoms with Crippen molar-refractivity contribution in [3.63, 3.8) is 0 Å². The SMILES string of the molecule is CC1CCN(C(C)c2ccc3c(c2)OCCO3)CC1CN. The van der Waals surface area contributed by atoms with Crippen LogP contribution in [0.2, 0.25) is 0 Å². The molecule has 116 valence electrons. The first-order chi connectivity index (χ1) is 10.2. The molecule has 2 N–H and O–H groups in total. The van der Waals surface area contributed by atoms with E-state index in [1.165, 1.54) is 12.0 Å². The molecule has 1 aromatic carbocycles. The maximum atomic E-state index is 5.92. The van der Waals surface area contributed by atoms with Crippen LogP contribution in [0.25, 0.3) is 0 Å². The molecule has 0 bridgehead atoms. The number of ether oxygens (including phenoxy) is 2. The average molecular weight is 290 g/mol. The Morgan fingerprint density at radius 3 is 2.81 bits per heavy atom. The highest BCUT2D eigenvalue weighted by Gasteiger charge is 2.28. The molecule has 2 heterocycles. The molecule has 2 aliphatic rings. The van der Waals surface area contributed by atoms with Crippen molar-refractivity contribution in [1.82, 2.24) is 4.90 Å². The number of likely N-dealkylation sites (tertiary alicyclic amines) is 1. The number of rotatable bonds is 3. The van der Waals surface area contributed by atoms with Crippen LogP contribution in [0.3, 0.4) is 0 Å². The summed E-state index contributed by atoms with van der Waals surface area (Å²) in [4.78, 5) is 2.54. The molecule has 4 nitrogen and oxygen atoms in total. The second-order valence-electron chi connectivity index (χ2n) is 6.34. The summed E-state index contributed by atoms with van der Waals surface area (Å²) in [5.74, 6) is 3.09. The van der Waals surface area contributed by atoms with E-state index in [0.29, 0.717) is 25.2 Å². The Morgan fingerprint density at radius 2 is 2.05 bits per heavy atom. The lowest BCUT2D eigenvalue weighted by molar-refractivity contribution is 0.0974. The highest BCUT2D eigenvalue weighted by molar-refractivity contribution is 5.44. The molecule has 0 aliphatic carbocycles. The van der Waals surface area contributed by atoms with Crippen molar-refractivity contribution in [2.24, 2.45) is 17.6 Å². The summed E-state index contributed by atoms with van der Waals surface area (Å²) in [5, 5.41) is 0. The monoisotopic (exact) mass is 290 g/mol. The van der Waals surface area contributed by atoms with Crippen molar-refractivity contribution in [3.8, 4) is 11.5 Å².